The van der Waals surface area contributed by atoms with E-state index in [-0.39, 0.29) is 5.41 Å². The maximum atomic E-state index is 6.78. The first-order chi connectivity index (χ1) is 17.3. The summed E-state index contributed by atoms with van der Waals surface area (Å²) in [5.41, 5.74) is 3.79. The highest BCUT2D eigenvalue weighted by Crippen LogP contribution is 2.41. The van der Waals surface area contributed by atoms with Gasteiger partial charge < -0.3 is 4.52 Å². The van der Waals surface area contributed by atoms with Crippen LogP contribution in [0, 0.1) is 0 Å². The number of aromatic nitrogens is 2. The third kappa shape index (κ3) is 3.67. The quantitative estimate of drug-likeness (QED) is 0.237. The molecule has 6 aromatic rings. The van der Waals surface area contributed by atoms with Crippen molar-refractivity contribution in [3.8, 4) is 5.75 Å². The minimum atomic E-state index is -1.15. The van der Waals surface area contributed by atoms with Crippen LogP contribution in [0.2, 0.25) is 0 Å². The Kier molecular flexibility index (Phi) is 5.35. The van der Waals surface area contributed by atoms with Gasteiger partial charge in [-0.25, -0.2) is 0 Å². The van der Waals surface area contributed by atoms with E-state index in [1.807, 2.05) is 0 Å². The van der Waals surface area contributed by atoms with Crippen LogP contribution >= 0.6 is 8.08 Å². The molecule has 0 aliphatic heterocycles. The van der Waals surface area contributed by atoms with Crippen molar-refractivity contribution in [3.63, 3.8) is 0 Å². The molecule has 0 unspecified atom stereocenters. The third-order valence-electron chi connectivity index (χ3n) is 7.18. The number of fused-ring (bicyclic) bond motifs is 7. The summed E-state index contributed by atoms with van der Waals surface area (Å²) in [6.07, 6.45) is 0. The van der Waals surface area contributed by atoms with E-state index < -0.39 is 8.08 Å². The summed E-state index contributed by atoms with van der Waals surface area (Å²) in [4.78, 5) is 0. The molecule has 0 aliphatic carbocycles. The Balaban J connectivity index is 1.73. The van der Waals surface area contributed by atoms with E-state index in [0.29, 0.717) is 0 Å². The van der Waals surface area contributed by atoms with Crippen molar-refractivity contribution in [1.82, 2.24) is 8.66 Å². The molecule has 0 N–H and O–H groups in total. The highest BCUT2D eigenvalue weighted by Gasteiger charge is 2.16. The second kappa shape index (κ2) is 8.47. The first kappa shape index (κ1) is 22.8. The molecule has 0 fully saturated rings. The molecule has 5 aromatic carbocycles. The zero-order valence-corrected chi connectivity index (χ0v) is 22.4. The van der Waals surface area contributed by atoms with Crippen LogP contribution in [0.5, 0.6) is 5.75 Å². The molecule has 36 heavy (non-hydrogen) atoms. The van der Waals surface area contributed by atoms with Gasteiger partial charge in [-0.15, -0.1) is 0 Å². The van der Waals surface area contributed by atoms with Crippen molar-refractivity contribution >= 4 is 51.4 Å². The lowest BCUT2D eigenvalue weighted by Gasteiger charge is -2.19. The van der Waals surface area contributed by atoms with E-state index in [9.17, 15) is 0 Å². The first-order valence-corrected chi connectivity index (χ1v) is 13.6. The SMILES string of the molecule is Cn1c2ccc3ccccc3c2c2c3ccccc3ccc2n(C)p1Oc1ccc(C(C)(C)C)cc1. The minimum absolute atomic E-state index is 0.111. The molecule has 0 bridgehead atoms. The van der Waals surface area contributed by atoms with Gasteiger partial charge in [0, 0.05) is 24.9 Å². The molecule has 180 valence electrons. The summed E-state index contributed by atoms with van der Waals surface area (Å²) in [5, 5.41) is 7.56. The smallest absolute Gasteiger partial charge is 0.235 e. The van der Waals surface area contributed by atoms with Gasteiger partial charge in [0.1, 0.15) is 5.75 Å². The van der Waals surface area contributed by atoms with Gasteiger partial charge in [0.2, 0.25) is 8.08 Å². The zero-order chi connectivity index (χ0) is 25.0. The number of nitrogens with zero attached hydrogens (tertiary/aromatic N) is 2. The molecular weight excluding hydrogens is 459 g/mol. The standard InChI is InChI=1S/C32H31N2OP/c1-32(2,3)24-16-18-25(19-17-24)35-36-33(4)28-20-14-22-10-6-8-12-26(22)30(28)31-27-13-9-7-11-23(27)15-21-29(31)34(36)5/h6-21H,1-5H3. The van der Waals surface area contributed by atoms with Gasteiger partial charge in [-0.1, -0.05) is 93.6 Å². The monoisotopic (exact) mass is 490 g/mol. The molecule has 1 heterocycles. The van der Waals surface area contributed by atoms with Crippen molar-refractivity contribution in [2.75, 3.05) is 0 Å². The van der Waals surface area contributed by atoms with E-state index in [1.165, 1.54) is 48.9 Å². The van der Waals surface area contributed by atoms with E-state index in [0.717, 1.165) is 5.75 Å². The number of benzene rings is 5. The largest absolute Gasteiger partial charge is 0.418 e. The van der Waals surface area contributed by atoms with Crippen LogP contribution in [0.4, 0.5) is 0 Å². The predicted molar refractivity (Wildman–Crippen MR) is 156 cm³/mol. The molecule has 6 rings (SSSR count). The molecule has 3 nitrogen and oxygen atoms in total. The van der Waals surface area contributed by atoms with Crippen LogP contribution in [0.25, 0.3) is 43.4 Å². The lowest BCUT2D eigenvalue weighted by molar-refractivity contribution is 0.581. The minimum Gasteiger partial charge on any atom is -0.418 e. The second-order valence-electron chi connectivity index (χ2n) is 10.5. The summed E-state index contributed by atoms with van der Waals surface area (Å²) >= 11 is 0. The average Bonchev–Trinajstić information content (AvgIpc) is 2.97. The van der Waals surface area contributed by atoms with Crippen LogP contribution in [-0.2, 0) is 19.5 Å². The van der Waals surface area contributed by atoms with Crippen LogP contribution in [0.3, 0.4) is 0 Å². The van der Waals surface area contributed by atoms with Crippen molar-refractivity contribution < 1.29 is 4.52 Å². The molecule has 0 radical (unpaired) electrons. The number of aryl methyl sites for hydroxylation is 2. The number of hydrogen-bond donors (Lipinski definition) is 0. The molecule has 0 atom stereocenters. The van der Waals surface area contributed by atoms with Crippen molar-refractivity contribution in [2.24, 2.45) is 14.1 Å². The van der Waals surface area contributed by atoms with Gasteiger partial charge in [0.15, 0.2) is 0 Å². The molecule has 0 amide bonds. The predicted octanol–water partition coefficient (Wildman–Crippen LogP) is 9.23. The summed E-state index contributed by atoms with van der Waals surface area (Å²) < 4.78 is 11.4. The Morgan fingerprint density at radius 3 is 1.53 bits per heavy atom. The first-order valence-electron chi connectivity index (χ1n) is 12.4. The fourth-order valence-corrected chi connectivity index (χ4v) is 6.86. The van der Waals surface area contributed by atoms with Crippen LogP contribution in [0.1, 0.15) is 26.3 Å². The van der Waals surface area contributed by atoms with Crippen LogP contribution in [-0.4, -0.2) is 8.66 Å². The van der Waals surface area contributed by atoms with E-state index >= 15 is 0 Å². The fourth-order valence-electron chi connectivity index (χ4n) is 5.20. The molecule has 0 aliphatic rings. The van der Waals surface area contributed by atoms with E-state index in [2.05, 4.69) is 141 Å². The highest BCUT2D eigenvalue weighted by molar-refractivity contribution is 7.37. The summed E-state index contributed by atoms with van der Waals surface area (Å²) in [5.74, 6) is 0.888. The van der Waals surface area contributed by atoms with Crippen molar-refractivity contribution in [2.45, 2.75) is 26.2 Å². The molecule has 4 heteroatoms. The van der Waals surface area contributed by atoms with Crippen LogP contribution < -0.4 is 4.52 Å². The van der Waals surface area contributed by atoms with Crippen molar-refractivity contribution in [1.29, 1.82) is 0 Å². The summed E-state index contributed by atoms with van der Waals surface area (Å²) in [6, 6.07) is 34.9. The molecule has 0 spiro atoms. The Hall–Kier alpha value is -3.68. The van der Waals surface area contributed by atoms with Gasteiger partial charge in [-0.3, -0.25) is 8.66 Å². The molecule has 0 saturated carbocycles. The molecule has 0 saturated heterocycles. The topological polar surface area (TPSA) is 19.1 Å². The van der Waals surface area contributed by atoms with Gasteiger partial charge in [0.05, 0.1) is 11.0 Å². The van der Waals surface area contributed by atoms with E-state index in [1.54, 1.807) is 0 Å². The lowest BCUT2D eigenvalue weighted by Crippen LogP contribution is -2.10. The van der Waals surface area contributed by atoms with Crippen LogP contribution in [0.15, 0.2) is 97.1 Å². The van der Waals surface area contributed by atoms with E-state index in [4.69, 9.17) is 4.52 Å². The molecular formula is C32H31N2OP. The maximum absolute atomic E-state index is 6.78. The Morgan fingerprint density at radius 2 is 1.06 bits per heavy atom. The second-order valence-corrected chi connectivity index (χ2v) is 12.4. The van der Waals surface area contributed by atoms with Gasteiger partial charge in [0.25, 0.3) is 0 Å². The fraction of sp³-hybridized carbons (Fsp3) is 0.188. The molecule has 1 aromatic heterocycles. The summed E-state index contributed by atoms with van der Waals surface area (Å²) in [6.45, 7) is 6.72. The summed E-state index contributed by atoms with van der Waals surface area (Å²) in [7, 11) is 3.17. The number of rotatable bonds is 2. The van der Waals surface area contributed by atoms with Gasteiger partial charge >= 0.3 is 0 Å². The maximum Gasteiger partial charge on any atom is 0.235 e. The average molecular weight is 491 g/mol. The van der Waals surface area contributed by atoms with Crippen molar-refractivity contribution in [3.05, 3.63) is 103 Å². The van der Waals surface area contributed by atoms with Gasteiger partial charge in [-0.2, -0.15) is 0 Å². The third-order valence-corrected chi connectivity index (χ3v) is 9.01. The zero-order valence-electron chi connectivity index (χ0n) is 21.5. The Labute approximate surface area is 213 Å². The van der Waals surface area contributed by atoms with Gasteiger partial charge in [-0.05, 0) is 56.8 Å². The Morgan fingerprint density at radius 1 is 0.583 bits per heavy atom. The lowest BCUT2D eigenvalue weighted by atomic mass is 9.87. The highest BCUT2D eigenvalue weighted by atomic mass is 31.1. The Bertz CT molecular complexity index is 1700. The normalized spacial score (nSPS) is 12.0. The number of hydrogen-bond acceptors (Lipinski definition) is 1.